The van der Waals surface area contributed by atoms with E-state index in [1.807, 2.05) is 36.0 Å². The normalized spacial score (nSPS) is 21.2. The summed E-state index contributed by atoms with van der Waals surface area (Å²) in [5, 5.41) is 6.45. The molecule has 22 heavy (non-hydrogen) atoms. The van der Waals surface area contributed by atoms with Gasteiger partial charge in [0.25, 0.3) is 5.91 Å². The lowest BCUT2D eigenvalue weighted by Crippen LogP contribution is -2.43. The first kappa shape index (κ1) is 16.9. The average Bonchev–Trinajstić information content (AvgIpc) is 2.54. The molecule has 5 heteroatoms. The van der Waals surface area contributed by atoms with E-state index in [1.165, 1.54) is 26.2 Å². The molecule has 0 saturated heterocycles. The van der Waals surface area contributed by atoms with Gasteiger partial charge in [-0.15, -0.1) is 0 Å². The maximum Gasteiger partial charge on any atom is 0.251 e. The first-order valence-electron chi connectivity index (χ1n) is 7.77. The van der Waals surface area contributed by atoms with Crippen molar-refractivity contribution in [3.8, 4) is 0 Å². The van der Waals surface area contributed by atoms with Crippen LogP contribution < -0.4 is 10.6 Å². The molecule has 2 N–H and O–H groups in total. The van der Waals surface area contributed by atoms with Crippen molar-refractivity contribution in [2.75, 3.05) is 6.26 Å². The Labute approximate surface area is 136 Å². The molecule has 0 heterocycles. The Balaban J connectivity index is 1.93. The Morgan fingerprint density at radius 3 is 2.50 bits per heavy atom. The van der Waals surface area contributed by atoms with Gasteiger partial charge in [0.05, 0.1) is 0 Å². The van der Waals surface area contributed by atoms with E-state index in [1.54, 1.807) is 0 Å². The van der Waals surface area contributed by atoms with Gasteiger partial charge >= 0.3 is 0 Å². The Morgan fingerprint density at radius 1 is 1.18 bits per heavy atom. The van der Waals surface area contributed by atoms with Crippen molar-refractivity contribution < 1.29 is 9.59 Å². The number of amides is 2. The van der Waals surface area contributed by atoms with Crippen molar-refractivity contribution in [1.29, 1.82) is 0 Å². The van der Waals surface area contributed by atoms with Gasteiger partial charge in [0.2, 0.25) is 5.91 Å². The summed E-state index contributed by atoms with van der Waals surface area (Å²) in [6, 6.07) is 7.69. The molecule has 0 bridgehead atoms. The fourth-order valence-electron chi connectivity index (χ4n) is 2.80. The Kier molecular flexibility index (Phi) is 6.31. The summed E-state index contributed by atoms with van der Waals surface area (Å²) in [5.41, 5.74) is 1.67. The molecule has 120 valence electrons. The van der Waals surface area contributed by atoms with Gasteiger partial charge in [-0.1, -0.05) is 25.0 Å². The van der Waals surface area contributed by atoms with Gasteiger partial charge in [0.1, 0.15) is 0 Å². The second-order valence-electron chi connectivity index (χ2n) is 5.75. The zero-order valence-electron chi connectivity index (χ0n) is 13.2. The van der Waals surface area contributed by atoms with Crippen LogP contribution in [0.15, 0.2) is 24.3 Å². The number of rotatable bonds is 5. The van der Waals surface area contributed by atoms with Crippen LogP contribution in [-0.2, 0) is 11.3 Å². The van der Waals surface area contributed by atoms with Crippen molar-refractivity contribution in [2.24, 2.45) is 0 Å². The molecule has 0 radical (unpaired) electrons. The third kappa shape index (κ3) is 4.77. The summed E-state index contributed by atoms with van der Waals surface area (Å²) in [4.78, 5) is 23.3. The van der Waals surface area contributed by atoms with Gasteiger partial charge in [0.15, 0.2) is 0 Å². The second kappa shape index (κ2) is 8.22. The molecule has 1 saturated carbocycles. The SMILES string of the molecule is CS[C@@H]1CCCC[C@H]1NC(=O)c1ccc(CNC(C)=O)cc1. The Bertz CT molecular complexity index is 516. The number of benzene rings is 1. The molecule has 4 nitrogen and oxygen atoms in total. The molecule has 2 amide bonds. The number of carbonyl (C=O) groups excluding carboxylic acids is 2. The molecule has 0 unspecified atom stereocenters. The largest absolute Gasteiger partial charge is 0.352 e. The monoisotopic (exact) mass is 320 g/mol. The summed E-state index contributed by atoms with van der Waals surface area (Å²) in [6.07, 6.45) is 6.82. The fraction of sp³-hybridized carbons (Fsp3) is 0.529. The minimum atomic E-state index is -0.0535. The lowest BCUT2D eigenvalue weighted by atomic mass is 9.94. The van der Waals surface area contributed by atoms with E-state index in [4.69, 9.17) is 0 Å². The predicted octanol–water partition coefficient (Wildman–Crippen LogP) is 2.73. The number of hydrogen-bond acceptors (Lipinski definition) is 3. The summed E-state index contributed by atoms with van der Waals surface area (Å²) in [6.45, 7) is 1.99. The highest BCUT2D eigenvalue weighted by atomic mass is 32.2. The molecule has 1 aromatic rings. The van der Waals surface area contributed by atoms with E-state index in [-0.39, 0.29) is 17.9 Å². The van der Waals surface area contributed by atoms with E-state index in [9.17, 15) is 9.59 Å². The maximum atomic E-state index is 12.4. The van der Waals surface area contributed by atoms with E-state index < -0.39 is 0 Å². The first-order valence-corrected chi connectivity index (χ1v) is 9.06. The van der Waals surface area contributed by atoms with Gasteiger partial charge in [0, 0.05) is 30.3 Å². The molecule has 1 aromatic carbocycles. The van der Waals surface area contributed by atoms with E-state index >= 15 is 0 Å². The molecule has 0 aromatic heterocycles. The topological polar surface area (TPSA) is 58.2 Å². The van der Waals surface area contributed by atoms with Gasteiger partial charge in [-0.3, -0.25) is 9.59 Å². The molecule has 0 spiro atoms. The highest BCUT2D eigenvalue weighted by Crippen LogP contribution is 2.27. The second-order valence-corrected chi connectivity index (χ2v) is 6.82. The van der Waals surface area contributed by atoms with E-state index in [2.05, 4.69) is 16.9 Å². The van der Waals surface area contributed by atoms with Crippen LogP contribution in [0.25, 0.3) is 0 Å². The smallest absolute Gasteiger partial charge is 0.251 e. The van der Waals surface area contributed by atoms with Gasteiger partial charge < -0.3 is 10.6 Å². The number of nitrogens with one attached hydrogen (secondary N) is 2. The van der Waals surface area contributed by atoms with Crippen LogP contribution in [0.1, 0.15) is 48.5 Å². The Morgan fingerprint density at radius 2 is 1.86 bits per heavy atom. The third-order valence-electron chi connectivity index (χ3n) is 4.08. The molecule has 1 aliphatic rings. The number of carbonyl (C=O) groups is 2. The molecular formula is C17H24N2O2S. The van der Waals surface area contributed by atoms with Crippen LogP contribution in [0.3, 0.4) is 0 Å². The predicted molar refractivity (Wildman–Crippen MR) is 91.0 cm³/mol. The van der Waals surface area contributed by atoms with Crippen molar-refractivity contribution >= 4 is 23.6 Å². The lowest BCUT2D eigenvalue weighted by molar-refractivity contribution is -0.119. The van der Waals surface area contributed by atoms with E-state index in [0.717, 1.165) is 12.0 Å². The fourth-order valence-corrected chi connectivity index (χ4v) is 3.73. The highest BCUT2D eigenvalue weighted by molar-refractivity contribution is 7.99. The van der Waals surface area contributed by atoms with Crippen LogP contribution in [-0.4, -0.2) is 29.4 Å². The molecule has 1 aliphatic carbocycles. The minimum absolute atomic E-state index is 0.00275. The summed E-state index contributed by atoms with van der Waals surface area (Å²) in [5.74, 6) is -0.0562. The van der Waals surface area contributed by atoms with E-state index in [0.29, 0.717) is 17.4 Å². The molecular weight excluding hydrogens is 296 g/mol. The molecule has 0 aliphatic heterocycles. The van der Waals surface area contributed by atoms with Crippen LogP contribution >= 0.6 is 11.8 Å². The van der Waals surface area contributed by atoms with Crippen LogP contribution in [0.2, 0.25) is 0 Å². The average molecular weight is 320 g/mol. The summed E-state index contributed by atoms with van der Waals surface area (Å²) >= 11 is 1.85. The quantitative estimate of drug-likeness (QED) is 0.877. The zero-order chi connectivity index (χ0) is 15.9. The van der Waals surface area contributed by atoms with Crippen molar-refractivity contribution in [3.63, 3.8) is 0 Å². The first-order chi connectivity index (χ1) is 10.6. The van der Waals surface area contributed by atoms with Gasteiger partial charge in [-0.2, -0.15) is 11.8 Å². The molecule has 2 rings (SSSR count). The van der Waals surface area contributed by atoms with Crippen molar-refractivity contribution in [1.82, 2.24) is 10.6 Å². The summed E-state index contributed by atoms with van der Waals surface area (Å²) in [7, 11) is 0. The number of hydrogen-bond donors (Lipinski definition) is 2. The maximum absolute atomic E-state index is 12.4. The van der Waals surface area contributed by atoms with Crippen LogP contribution in [0.4, 0.5) is 0 Å². The van der Waals surface area contributed by atoms with Gasteiger partial charge in [-0.25, -0.2) is 0 Å². The number of thioether (sulfide) groups is 1. The lowest BCUT2D eigenvalue weighted by Gasteiger charge is -2.30. The van der Waals surface area contributed by atoms with Gasteiger partial charge in [-0.05, 0) is 36.8 Å². The van der Waals surface area contributed by atoms with Crippen molar-refractivity contribution in [2.45, 2.75) is 50.4 Å². The molecule has 2 atom stereocenters. The highest BCUT2D eigenvalue weighted by Gasteiger charge is 2.25. The zero-order valence-corrected chi connectivity index (χ0v) is 14.0. The van der Waals surface area contributed by atoms with Crippen molar-refractivity contribution in [3.05, 3.63) is 35.4 Å². The summed E-state index contributed by atoms with van der Waals surface area (Å²) < 4.78 is 0. The van der Waals surface area contributed by atoms with Crippen LogP contribution in [0, 0.1) is 0 Å². The minimum Gasteiger partial charge on any atom is -0.352 e. The van der Waals surface area contributed by atoms with Crippen LogP contribution in [0.5, 0.6) is 0 Å². The third-order valence-corrected chi connectivity index (χ3v) is 5.25. The standard InChI is InChI=1S/C17H24N2O2S/c1-12(20)18-11-13-7-9-14(10-8-13)17(21)19-15-5-3-4-6-16(15)22-2/h7-10,15-16H,3-6,11H2,1-2H3,(H,18,20)(H,19,21)/t15-,16-/m1/s1. The Hall–Kier alpha value is -1.49. The molecule has 1 fully saturated rings.